The summed E-state index contributed by atoms with van der Waals surface area (Å²) in [6.07, 6.45) is 0. The summed E-state index contributed by atoms with van der Waals surface area (Å²) in [5.74, 6) is 0.948. The quantitative estimate of drug-likeness (QED) is 0.667. The lowest BCUT2D eigenvalue weighted by molar-refractivity contribution is 0.383. The van der Waals surface area contributed by atoms with Crippen molar-refractivity contribution in [3.05, 3.63) is 98.8 Å². The molecule has 0 fully saturated rings. The van der Waals surface area contributed by atoms with Crippen LogP contribution in [0, 0.1) is 18.3 Å². The Kier molecular flexibility index (Phi) is 5.61. The number of allylic oxidation sites excluding steroid dienone is 1. The summed E-state index contributed by atoms with van der Waals surface area (Å²) in [4.78, 5) is 13.8. The molecule has 0 saturated heterocycles. The zero-order valence-electron chi connectivity index (χ0n) is 18.1. The lowest BCUT2D eigenvalue weighted by atomic mass is 9.83. The van der Waals surface area contributed by atoms with Gasteiger partial charge < -0.3 is 24.5 Å². The average molecular weight is 429 g/mol. The lowest BCUT2D eigenvalue weighted by Gasteiger charge is -2.28. The highest BCUT2D eigenvalue weighted by Crippen LogP contribution is 2.43. The molecule has 1 unspecified atom stereocenters. The minimum atomic E-state index is -0.699. The summed E-state index contributed by atoms with van der Waals surface area (Å²) in [6.45, 7) is 2.20. The van der Waals surface area contributed by atoms with Crippen molar-refractivity contribution in [1.82, 2.24) is 4.57 Å². The van der Waals surface area contributed by atoms with Gasteiger partial charge in [0.15, 0.2) is 0 Å². The van der Waals surface area contributed by atoms with Gasteiger partial charge in [-0.3, -0.25) is 4.79 Å². The van der Waals surface area contributed by atoms with Crippen LogP contribution in [0.4, 0.5) is 0 Å². The second-order valence-corrected chi connectivity index (χ2v) is 7.47. The molecule has 0 amide bonds. The molecule has 0 radical (unpaired) electrons. The molecule has 1 aromatic heterocycles. The van der Waals surface area contributed by atoms with Gasteiger partial charge in [-0.2, -0.15) is 5.26 Å². The first-order chi connectivity index (χ1) is 15.5. The monoisotopic (exact) mass is 429 g/mol. The topological polar surface area (TPSA) is 99.5 Å². The largest absolute Gasteiger partial charge is 0.497 e. The molecule has 1 atom stereocenters. The second-order valence-electron chi connectivity index (χ2n) is 7.47. The Labute approximate surface area is 185 Å². The fraction of sp³-hybridized carbons (Fsp3) is 0.200. The number of benzene rings is 2. The first-order valence-corrected chi connectivity index (χ1v) is 10.1. The number of nitrogens with zero attached hydrogens (tertiary/aromatic N) is 2. The molecule has 4 rings (SSSR count). The third kappa shape index (κ3) is 3.56. The van der Waals surface area contributed by atoms with E-state index in [0.717, 1.165) is 17.0 Å². The van der Waals surface area contributed by atoms with E-state index in [2.05, 4.69) is 6.07 Å². The number of nitrogens with two attached hydrogens (primary N) is 1. The van der Waals surface area contributed by atoms with Gasteiger partial charge in [-0.15, -0.1) is 0 Å². The van der Waals surface area contributed by atoms with Crippen LogP contribution in [0.3, 0.4) is 0 Å². The van der Waals surface area contributed by atoms with Crippen LogP contribution in [0.5, 0.6) is 17.2 Å². The van der Waals surface area contributed by atoms with E-state index in [1.807, 2.05) is 49.4 Å². The van der Waals surface area contributed by atoms with Gasteiger partial charge >= 0.3 is 0 Å². The van der Waals surface area contributed by atoms with E-state index in [1.165, 1.54) is 0 Å². The van der Waals surface area contributed by atoms with Gasteiger partial charge in [0.05, 0.1) is 32.2 Å². The Hall–Kier alpha value is -4.18. The van der Waals surface area contributed by atoms with Gasteiger partial charge in [0.2, 0.25) is 5.88 Å². The van der Waals surface area contributed by atoms with E-state index in [0.29, 0.717) is 29.2 Å². The van der Waals surface area contributed by atoms with Crippen LogP contribution >= 0.6 is 0 Å². The van der Waals surface area contributed by atoms with Gasteiger partial charge in [0, 0.05) is 17.3 Å². The van der Waals surface area contributed by atoms with Gasteiger partial charge in [-0.25, -0.2) is 0 Å². The normalized spacial score (nSPS) is 14.9. The SMILES string of the molecule is COc1ccc(Cn2c(C)cc3c(c2=O)C(c2ccccc2OC)C(C#N)=C(N)O3)cc1. The molecule has 1 aliphatic heterocycles. The maximum atomic E-state index is 13.8. The van der Waals surface area contributed by atoms with Crippen LogP contribution in [0.25, 0.3) is 0 Å². The van der Waals surface area contributed by atoms with Crippen molar-refractivity contribution in [2.75, 3.05) is 14.2 Å². The number of hydrogen-bond acceptors (Lipinski definition) is 6. The highest BCUT2D eigenvalue weighted by Gasteiger charge is 2.35. The third-order valence-electron chi connectivity index (χ3n) is 5.64. The molecule has 32 heavy (non-hydrogen) atoms. The van der Waals surface area contributed by atoms with Crippen LogP contribution in [0.15, 0.2) is 70.8 Å². The zero-order chi connectivity index (χ0) is 22.8. The Bertz CT molecular complexity index is 1300. The molecule has 0 bridgehead atoms. The van der Waals surface area contributed by atoms with E-state index in [-0.39, 0.29) is 17.0 Å². The van der Waals surface area contributed by atoms with Crippen LogP contribution in [-0.2, 0) is 6.54 Å². The number of rotatable bonds is 5. The number of fused-ring (bicyclic) bond motifs is 1. The Balaban J connectivity index is 1.90. The molecular formula is C25H23N3O4. The molecule has 7 heteroatoms. The van der Waals surface area contributed by atoms with Crippen LogP contribution in [0.1, 0.15) is 28.3 Å². The summed E-state index contributed by atoms with van der Waals surface area (Å²) in [5, 5.41) is 9.85. The van der Waals surface area contributed by atoms with Gasteiger partial charge in [0.25, 0.3) is 5.56 Å². The first-order valence-electron chi connectivity index (χ1n) is 10.1. The zero-order valence-corrected chi connectivity index (χ0v) is 18.1. The van der Waals surface area contributed by atoms with E-state index >= 15 is 0 Å². The fourth-order valence-electron chi connectivity index (χ4n) is 4.01. The van der Waals surface area contributed by atoms with Crippen molar-refractivity contribution >= 4 is 0 Å². The number of hydrogen-bond donors (Lipinski definition) is 1. The maximum Gasteiger partial charge on any atom is 0.259 e. The fourth-order valence-corrected chi connectivity index (χ4v) is 4.01. The molecular weight excluding hydrogens is 406 g/mol. The van der Waals surface area contributed by atoms with Gasteiger partial charge in [-0.1, -0.05) is 30.3 Å². The molecule has 7 nitrogen and oxygen atoms in total. The Morgan fingerprint density at radius 3 is 2.50 bits per heavy atom. The minimum Gasteiger partial charge on any atom is -0.497 e. The number of nitriles is 1. The van der Waals surface area contributed by atoms with E-state index in [4.69, 9.17) is 19.9 Å². The molecule has 0 saturated carbocycles. The van der Waals surface area contributed by atoms with Gasteiger partial charge in [-0.05, 0) is 30.7 Å². The minimum absolute atomic E-state index is 0.0115. The summed E-state index contributed by atoms with van der Waals surface area (Å²) in [5.41, 5.74) is 8.72. The van der Waals surface area contributed by atoms with Crippen LogP contribution in [-0.4, -0.2) is 18.8 Å². The number of methoxy groups -OCH3 is 2. The Morgan fingerprint density at radius 1 is 1.12 bits per heavy atom. The summed E-state index contributed by atoms with van der Waals surface area (Å²) >= 11 is 0. The molecule has 2 heterocycles. The van der Waals surface area contributed by atoms with E-state index < -0.39 is 5.92 Å². The summed E-state index contributed by atoms with van der Waals surface area (Å²) in [6, 6.07) is 18.7. The number of para-hydroxylation sites is 1. The number of pyridine rings is 1. The maximum absolute atomic E-state index is 13.8. The van der Waals surface area contributed by atoms with Crippen molar-refractivity contribution in [3.63, 3.8) is 0 Å². The van der Waals surface area contributed by atoms with Crippen molar-refractivity contribution < 1.29 is 14.2 Å². The van der Waals surface area contributed by atoms with Crippen molar-refractivity contribution in [3.8, 4) is 23.3 Å². The smallest absolute Gasteiger partial charge is 0.259 e. The highest BCUT2D eigenvalue weighted by atomic mass is 16.5. The van der Waals surface area contributed by atoms with Crippen molar-refractivity contribution in [2.24, 2.45) is 5.73 Å². The van der Waals surface area contributed by atoms with E-state index in [1.54, 1.807) is 30.9 Å². The van der Waals surface area contributed by atoms with Crippen LogP contribution in [0.2, 0.25) is 0 Å². The first kappa shape index (κ1) is 21.1. The molecule has 0 spiro atoms. The van der Waals surface area contributed by atoms with E-state index in [9.17, 15) is 10.1 Å². The second kappa shape index (κ2) is 8.52. The molecule has 162 valence electrons. The summed E-state index contributed by atoms with van der Waals surface area (Å²) < 4.78 is 18.1. The molecule has 3 aromatic rings. The lowest BCUT2D eigenvalue weighted by Crippen LogP contribution is -2.33. The predicted octanol–water partition coefficient (Wildman–Crippen LogP) is 3.44. The molecule has 2 N–H and O–H groups in total. The van der Waals surface area contributed by atoms with Crippen LogP contribution < -0.4 is 25.5 Å². The summed E-state index contributed by atoms with van der Waals surface area (Å²) in [7, 11) is 3.16. The molecule has 2 aromatic carbocycles. The Morgan fingerprint density at radius 2 is 1.84 bits per heavy atom. The highest BCUT2D eigenvalue weighted by molar-refractivity contribution is 5.58. The van der Waals surface area contributed by atoms with Crippen molar-refractivity contribution in [1.29, 1.82) is 5.26 Å². The van der Waals surface area contributed by atoms with Crippen molar-refractivity contribution in [2.45, 2.75) is 19.4 Å². The van der Waals surface area contributed by atoms with Gasteiger partial charge in [0.1, 0.15) is 28.9 Å². The number of ether oxygens (including phenoxy) is 3. The molecule has 0 aliphatic carbocycles. The average Bonchev–Trinajstić information content (AvgIpc) is 2.81. The third-order valence-corrected chi connectivity index (χ3v) is 5.64. The standard InChI is InChI=1S/C25H23N3O4/c1-15-12-21-23(25(29)28(15)14-16-8-10-17(30-2)11-9-16)22(19(13-26)24(27)32-21)18-6-4-5-7-20(18)31-3/h4-12,22H,14,27H2,1-3H3. The number of aryl methyl sites for hydroxylation is 1. The number of aromatic nitrogens is 1. The predicted molar refractivity (Wildman–Crippen MR) is 120 cm³/mol. The molecule has 1 aliphatic rings.